The minimum Gasteiger partial charge on any atom is -0.340 e. The molecule has 2 aliphatic heterocycles. The second-order valence-electron chi connectivity index (χ2n) is 15.0. The first-order valence-electron chi connectivity index (χ1n) is 19.6. The normalized spacial score (nSPS) is 18.6. The number of amides is 3. The van der Waals surface area contributed by atoms with Gasteiger partial charge in [0.15, 0.2) is 0 Å². The molecule has 3 fully saturated rings. The van der Waals surface area contributed by atoms with Crippen LogP contribution in [0.4, 0.5) is 0 Å². The molecule has 282 valence electrons. The summed E-state index contributed by atoms with van der Waals surface area (Å²) in [6.45, 7) is 1.43. The molecule has 2 saturated heterocycles. The summed E-state index contributed by atoms with van der Waals surface area (Å²) in [6.07, 6.45) is 9.75. The van der Waals surface area contributed by atoms with Crippen molar-refractivity contribution in [2.24, 2.45) is 5.92 Å². The van der Waals surface area contributed by atoms with Gasteiger partial charge < -0.3 is 15.1 Å². The molecule has 56 heavy (non-hydrogen) atoms. The van der Waals surface area contributed by atoms with E-state index in [1.165, 1.54) is 0 Å². The maximum Gasteiger partial charge on any atom is 0.250 e. The van der Waals surface area contributed by atoms with Crippen molar-refractivity contribution in [1.29, 1.82) is 0 Å². The summed E-state index contributed by atoms with van der Waals surface area (Å²) >= 11 is 3.32. The lowest BCUT2D eigenvalue weighted by Crippen LogP contribution is -2.43. The molecule has 9 rings (SSSR count). The van der Waals surface area contributed by atoms with Crippen LogP contribution in [-0.2, 0) is 20.8 Å². The number of carbonyl (C=O) groups excluding carboxylic acids is 3. The molecule has 1 aliphatic carbocycles. The number of hydrogen-bond acceptors (Lipinski definition) is 7. The Morgan fingerprint density at radius 2 is 1.12 bits per heavy atom. The summed E-state index contributed by atoms with van der Waals surface area (Å²) in [4.78, 5) is 55.8. The van der Waals surface area contributed by atoms with Crippen molar-refractivity contribution in [2.75, 3.05) is 13.1 Å². The molecule has 0 radical (unpaired) electrons. The SMILES string of the molecule is O=C(N[C@@H](C(=O)N1CCC[C@@H]1c1ncc(-c2ccc(-c3ccc(-c4cnc([C@H]5CCCN5C(=O)Cc5ccccc5)s4)cc3)cc2)s1)c1ccccc1)C1CC1. The van der Waals surface area contributed by atoms with Crippen molar-refractivity contribution in [2.45, 2.75) is 63.1 Å². The van der Waals surface area contributed by atoms with Gasteiger partial charge in [0.05, 0.1) is 28.3 Å². The molecule has 0 spiro atoms. The van der Waals surface area contributed by atoms with E-state index in [0.29, 0.717) is 13.0 Å². The average Bonchev–Trinajstić information content (AvgIpc) is 3.69. The fourth-order valence-corrected chi connectivity index (χ4v) is 10.1. The Morgan fingerprint density at radius 3 is 1.68 bits per heavy atom. The Hall–Kier alpha value is -5.45. The number of aromatic nitrogens is 2. The fraction of sp³-hybridized carbons (Fsp3) is 0.283. The summed E-state index contributed by atoms with van der Waals surface area (Å²) in [6, 6.07) is 35.9. The van der Waals surface area contributed by atoms with Crippen molar-refractivity contribution in [3.63, 3.8) is 0 Å². The first-order valence-corrected chi connectivity index (χ1v) is 21.2. The highest BCUT2D eigenvalue weighted by Crippen LogP contribution is 2.41. The Balaban J connectivity index is 0.852. The average molecular weight is 778 g/mol. The minimum absolute atomic E-state index is 0.0204. The first kappa shape index (κ1) is 36.2. The van der Waals surface area contributed by atoms with Gasteiger partial charge in [0, 0.05) is 31.4 Å². The highest BCUT2D eigenvalue weighted by Gasteiger charge is 2.39. The van der Waals surface area contributed by atoms with Crippen LogP contribution < -0.4 is 5.32 Å². The first-order chi connectivity index (χ1) is 27.5. The summed E-state index contributed by atoms with van der Waals surface area (Å²) in [5.74, 6) is 0.0837. The Kier molecular flexibility index (Phi) is 10.3. The minimum atomic E-state index is -0.699. The quantitative estimate of drug-likeness (QED) is 0.142. The predicted octanol–water partition coefficient (Wildman–Crippen LogP) is 9.44. The third-order valence-corrected chi connectivity index (χ3v) is 13.5. The van der Waals surface area contributed by atoms with Crippen LogP contribution in [0.15, 0.2) is 122 Å². The number of benzene rings is 4. The van der Waals surface area contributed by atoms with E-state index < -0.39 is 6.04 Å². The Morgan fingerprint density at radius 1 is 0.625 bits per heavy atom. The van der Waals surface area contributed by atoms with Gasteiger partial charge >= 0.3 is 0 Å². The van der Waals surface area contributed by atoms with E-state index in [1.807, 2.05) is 82.9 Å². The molecule has 6 aromatic rings. The van der Waals surface area contributed by atoms with Crippen LogP contribution in [0.25, 0.3) is 32.0 Å². The number of hydrogen-bond donors (Lipinski definition) is 1. The molecule has 0 bridgehead atoms. The van der Waals surface area contributed by atoms with Crippen LogP contribution >= 0.6 is 22.7 Å². The zero-order chi connectivity index (χ0) is 38.0. The van der Waals surface area contributed by atoms with E-state index in [-0.39, 0.29) is 35.7 Å². The van der Waals surface area contributed by atoms with Crippen LogP contribution in [0.1, 0.15) is 77.8 Å². The van der Waals surface area contributed by atoms with Crippen molar-refractivity contribution >= 4 is 40.4 Å². The van der Waals surface area contributed by atoms with Crippen molar-refractivity contribution in [1.82, 2.24) is 25.1 Å². The number of carbonyl (C=O) groups is 3. The van der Waals surface area contributed by atoms with Crippen LogP contribution in [0.5, 0.6) is 0 Å². The fourth-order valence-electron chi connectivity index (χ4n) is 7.99. The van der Waals surface area contributed by atoms with E-state index in [2.05, 4.69) is 53.8 Å². The second kappa shape index (κ2) is 16.0. The van der Waals surface area contributed by atoms with Gasteiger partial charge in [-0.2, -0.15) is 0 Å². The van der Waals surface area contributed by atoms with Gasteiger partial charge in [-0.1, -0.05) is 109 Å². The number of thiazole rings is 2. The van der Waals surface area contributed by atoms with Gasteiger partial charge in [-0.05, 0) is 71.9 Å². The molecule has 1 saturated carbocycles. The second-order valence-corrected chi connectivity index (χ2v) is 17.1. The third kappa shape index (κ3) is 7.68. The number of rotatable bonds is 11. The molecule has 8 nitrogen and oxygen atoms in total. The summed E-state index contributed by atoms with van der Waals surface area (Å²) in [7, 11) is 0. The highest BCUT2D eigenvalue weighted by atomic mass is 32.1. The van der Waals surface area contributed by atoms with Gasteiger partial charge in [-0.25, -0.2) is 9.97 Å². The molecule has 4 heterocycles. The van der Waals surface area contributed by atoms with Gasteiger partial charge in [-0.15, -0.1) is 22.7 Å². The van der Waals surface area contributed by atoms with E-state index >= 15 is 0 Å². The van der Waals surface area contributed by atoms with Crippen LogP contribution in [0.3, 0.4) is 0 Å². The van der Waals surface area contributed by atoms with E-state index in [1.54, 1.807) is 22.7 Å². The Bertz CT molecular complexity index is 2320. The molecular weight excluding hydrogens is 735 g/mol. The van der Waals surface area contributed by atoms with Crippen LogP contribution in [0.2, 0.25) is 0 Å². The standard InChI is InChI=1S/C46H43N5O3S2/c52-41(27-30-9-3-1-4-10-30)50-25-7-13-37(50)44-47-28-39(55-44)33-19-15-31(16-20-33)32-17-21-34(22-18-32)40-29-48-45(56-40)38-14-8-26-51(38)46(54)42(35-11-5-2-6-12-35)49-43(53)36-23-24-36/h1-6,9-12,15-22,28-29,36-38,42H,7-8,13-14,23-27H2,(H,49,53)/t37-,38-,42-/m1/s1. The monoisotopic (exact) mass is 777 g/mol. The smallest absolute Gasteiger partial charge is 0.250 e. The van der Waals surface area contributed by atoms with E-state index in [0.717, 1.165) is 98.2 Å². The van der Waals surface area contributed by atoms with Gasteiger partial charge in [0.2, 0.25) is 17.7 Å². The zero-order valence-electron chi connectivity index (χ0n) is 31.1. The van der Waals surface area contributed by atoms with Crippen molar-refractivity contribution < 1.29 is 14.4 Å². The maximum atomic E-state index is 14.1. The molecular formula is C46H43N5O3S2. The molecule has 2 aromatic heterocycles. The van der Waals surface area contributed by atoms with Crippen molar-refractivity contribution in [3.05, 3.63) is 143 Å². The topological polar surface area (TPSA) is 95.5 Å². The van der Waals surface area contributed by atoms with Gasteiger partial charge in [-0.3, -0.25) is 14.4 Å². The summed E-state index contributed by atoms with van der Waals surface area (Å²) in [5.41, 5.74) is 6.31. The van der Waals surface area contributed by atoms with Crippen LogP contribution in [-0.4, -0.2) is 50.6 Å². The maximum absolute atomic E-state index is 14.1. The number of likely N-dealkylation sites (tertiary alicyclic amines) is 2. The summed E-state index contributed by atoms with van der Waals surface area (Å²) in [5, 5.41) is 5.00. The molecule has 0 unspecified atom stereocenters. The zero-order valence-corrected chi connectivity index (χ0v) is 32.7. The van der Waals surface area contributed by atoms with E-state index in [9.17, 15) is 14.4 Å². The molecule has 10 heteroatoms. The molecule has 3 aliphatic rings. The lowest BCUT2D eigenvalue weighted by molar-refractivity contribution is -0.137. The largest absolute Gasteiger partial charge is 0.340 e. The molecule has 1 N–H and O–H groups in total. The lowest BCUT2D eigenvalue weighted by Gasteiger charge is -2.28. The predicted molar refractivity (Wildman–Crippen MR) is 222 cm³/mol. The number of nitrogens with one attached hydrogen (secondary N) is 1. The van der Waals surface area contributed by atoms with Gasteiger partial charge in [0.1, 0.15) is 16.1 Å². The highest BCUT2D eigenvalue weighted by molar-refractivity contribution is 7.15. The van der Waals surface area contributed by atoms with E-state index in [4.69, 9.17) is 9.97 Å². The summed E-state index contributed by atoms with van der Waals surface area (Å²) < 4.78 is 0. The molecule has 3 atom stereocenters. The third-order valence-electron chi connectivity index (χ3n) is 11.2. The Labute approximate surface area is 335 Å². The number of nitrogens with zero attached hydrogens (tertiary/aromatic N) is 4. The van der Waals surface area contributed by atoms with Crippen LogP contribution in [0, 0.1) is 5.92 Å². The van der Waals surface area contributed by atoms with Gasteiger partial charge in [0.25, 0.3) is 0 Å². The lowest BCUT2D eigenvalue weighted by atomic mass is 10.0. The molecule has 4 aromatic carbocycles. The molecule has 3 amide bonds. The van der Waals surface area contributed by atoms with Crippen molar-refractivity contribution in [3.8, 4) is 32.0 Å².